The van der Waals surface area contributed by atoms with Crippen LogP contribution in [0.15, 0.2) is 18.2 Å². The first-order valence-electron chi connectivity index (χ1n) is 5.51. The van der Waals surface area contributed by atoms with Gasteiger partial charge in [-0.15, -0.1) is 0 Å². The van der Waals surface area contributed by atoms with Crippen LogP contribution in [0.25, 0.3) is 0 Å². The summed E-state index contributed by atoms with van der Waals surface area (Å²) in [7, 11) is 0. The first-order valence-corrected chi connectivity index (χ1v) is 5.89. The van der Waals surface area contributed by atoms with Gasteiger partial charge in [0.15, 0.2) is 0 Å². The molecule has 0 bridgehead atoms. The number of nitrogens with one attached hydrogen (secondary N) is 1. The zero-order valence-corrected chi connectivity index (χ0v) is 9.97. The van der Waals surface area contributed by atoms with Crippen LogP contribution in [0.3, 0.4) is 0 Å². The lowest BCUT2D eigenvalue weighted by Crippen LogP contribution is -2.32. The van der Waals surface area contributed by atoms with Gasteiger partial charge in [-0.05, 0) is 31.5 Å². The molecule has 0 radical (unpaired) electrons. The van der Waals surface area contributed by atoms with Crippen LogP contribution in [0.5, 0.6) is 0 Å². The number of hydrogen-bond donors (Lipinski definition) is 1. The molecule has 17 heavy (non-hydrogen) atoms. The summed E-state index contributed by atoms with van der Waals surface area (Å²) < 4.78 is 18.4. The smallest absolute Gasteiger partial charge is 0.323 e. The molecule has 2 rings (SSSR count). The molecular weight excluding hydrogens is 245 g/mol. The normalized spacial score (nSPS) is 19.3. The molecule has 1 unspecified atom stereocenters. The van der Waals surface area contributed by atoms with Crippen molar-refractivity contribution in [1.29, 1.82) is 0 Å². The van der Waals surface area contributed by atoms with E-state index in [0.717, 1.165) is 19.4 Å². The second-order valence-electron chi connectivity index (χ2n) is 3.96. The molecule has 1 fully saturated rings. The fourth-order valence-corrected chi connectivity index (χ4v) is 2.02. The molecule has 1 atom stereocenters. The third-order valence-electron chi connectivity index (χ3n) is 2.77. The average Bonchev–Trinajstić information content (AvgIpc) is 2.81. The van der Waals surface area contributed by atoms with E-state index in [2.05, 4.69) is 5.32 Å². The van der Waals surface area contributed by atoms with Crippen LogP contribution < -0.4 is 5.32 Å². The van der Waals surface area contributed by atoms with Crippen molar-refractivity contribution in [2.24, 2.45) is 0 Å². The molecule has 3 nitrogen and oxygen atoms in total. The van der Waals surface area contributed by atoms with Gasteiger partial charge < -0.3 is 10.1 Å². The van der Waals surface area contributed by atoms with Crippen LogP contribution >= 0.6 is 11.6 Å². The first kappa shape index (κ1) is 12.3. The maximum atomic E-state index is 13.4. The van der Waals surface area contributed by atoms with Gasteiger partial charge in [-0.25, -0.2) is 4.39 Å². The second kappa shape index (κ2) is 5.47. The molecule has 1 aromatic rings. The third-order valence-corrected chi connectivity index (χ3v) is 3.12. The maximum absolute atomic E-state index is 13.4. The van der Waals surface area contributed by atoms with E-state index >= 15 is 0 Å². The number of carbonyl (C=O) groups excluding carboxylic acids is 1. The van der Waals surface area contributed by atoms with Crippen molar-refractivity contribution in [3.8, 4) is 0 Å². The lowest BCUT2D eigenvalue weighted by atomic mass is 10.2. The Bertz CT molecular complexity index is 399. The summed E-state index contributed by atoms with van der Waals surface area (Å²) in [6.07, 6.45) is 1.73. The summed E-state index contributed by atoms with van der Waals surface area (Å²) in [4.78, 5) is 11.6. The summed E-state index contributed by atoms with van der Waals surface area (Å²) >= 11 is 5.83. The van der Waals surface area contributed by atoms with Crippen molar-refractivity contribution in [2.75, 3.05) is 6.54 Å². The Morgan fingerprint density at radius 3 is 3.06 bits per heavy atom. The Kier molecular flexibility index (Phi) is 3.97. The van der Waals surface area contributed by atoms with Crippen LogP contribution in [-0.4, -0.2) is 18.6 Å². The van der Waals surface area contributed by atoms with Crippen molar-refractivity contribution in [3.05, 3.63) is 34.6 Å². The summed E-state index contributed by atoms with van der Waals surface area (Å²) in [5.74, 6) is -0.800. The summed E-state index contributed by atoms with van der Waals surface area (Å²) in [6, 6.07) is 4.12. The van der Waals surface area contributed by atoms with Gasteiger partial charge >= 0.3 is 5.97 Å². The van der Waals surface area contributed by atoms with Gasteiger partial charge in [0.05, 0.1) is 5.02 Å². The molecule has 1 saturated heterocycles. The zero-order chi connectivity index (χ0) is 12.3. The number of carbonyl (C=O) groups is 1. The zero-order valence-electron chi connectivity index (χ0n) is 9.21. The molecule has 0 spiro atoms. The highest BCUT2D eigenvalue weighted by Gasteiger charge is 2.23. The molecule has 0 aliphatic carbocycles. The summed E-state index contributed by atoms with van der Waals surface area (Å²) in [6.45, 7) is 0.697. The fraction of sp³-hybridized carbons (Fsp3) is 0.417. The van der Waals surface area contributed by atoms with Crippen LogP contribution in [-0.2, 0) is 16.1 Å². The van der Waals surface area contributed by atoms with E-state index in [-0.39, 0.29) is 29.2 Å². The Balaban J connectivity index is 1.95. The van der Waals surface area contributed by atoms with E-state index in [1.165, 1.54) is 12.1 Å². The van der Waals surface area contributed by atoms with Crippen molar-refractivity contribution < 1.29 is 13.9 Å². The van der Waals surface area contributed by atoms with Crippen molar-refractivity contribution in [3.63, 3.8) is 0 Å². The standard InChI is InChI=1S/C12H13ClFNO2/c13-9-3-1-4-10(14)8(9)7-17-12(16)11-5-2-6-15-11/h1,3-4,11,15H,2,5-7H2. The average molecular weight is 258 g/mol. The van der Waals surface area contributed by atoms with Crippen molar-refractivity contribution in [1.82, 2.24) is 5.32 Å². The molecule has 92 valence electrons. The lowest BCUT2D eigenvalue weighted by Gasteiger charge is -2.11. The van der Waals surface area contributed by atoms with Crippen LogP contribution in [0, 0.1) is 5.82 Å². The predicted octanol–water partition coefficient (Wildman–Crippen LogP) is 2.27. The number of esters is 1. The Hall–Kier alpha value is -1.13. The molecule has 1 aromatic carbocycles. The Morgan fingerprint density at radius 2 is 2.41 bits per heavy atom. The highest BCUT2D eigenvalue weighted by atomic mass is 35.5. The first-order chi connectivity index (χ1) is 8.18. The van der Waals surface area contributed by atoms with E-state index in [9.17, 15) is 9.18 Å². The monoisotopic (exact) mass is 257 g/mol. The Morgan fingerprint density at radius 1 is 1.59 bits per heavy atom. The van der Waals surface area contributed by atoms with Crippen molar-refractivity contribution >= 4 is 17.6 Å². The number of hydrogen-bond acceptors (Lipinski definition) is 3. The van der Waals surface area contributed by atoms with E-state index in [1.807, 2.05) is 0 Å². The number of benzene rings is 1. The van der Waals surface area contributed by atoms with E-state index < -0.39 is 5.82 Å². The number of ether oxygens (including phenoxy) is 1. The number of rotatable bonds is 3. The van der Waals surface area contributed by atoms with E-state index in [0.29, 0.717) is 0 Å². The van der Waals surface area contributed by atoms with Gasteiger partial charge in [-0.3, -0.25) is 4.79 Å². The maximum Gasteiger partial charge on any atom is 0.323 e. The van der Waals surface area contributed by atoms with Gasteiger partial charge in [0.1, 0.15) is 18.5 Å². The van der Waals surface area contributed by atoms with Crippen molar-refractivity contribution in [2.45, 2.75) is 25.5 Å². The minimum atomic E-state index is -0.454. The predicted molar refractivity (Wildman–Crippen MR) is 62.2 cm³/mol. The van der Waals surface area contributed by atoms with Gasteiger partial charge in [0.2, 0.25) is 0 Å². The molecule has 1 N–H and O–H groups in total. The molecule has 1 aliphatic heterocycles. The van der Waals surface area contributed by atoms with Gasteiger partial charge in [-0.1, -0.05) is 17.7 Å². The molecule has 1 aliphatic rings. The Labute approximate surface area is 104 Å². The third kappa shape index (κ3) is 2.96. The van der Waals surface area contributed by atoms with Crippen LogP contribution in [0.1, 0.15) is 18.4 Å². The van der Waals surface area contributed by atoms with Crippen LogP contribution in [0.4, 0.5) is 4.39 Å². The van der Waals surface area contributed by atoms with E-state index in [4.69, 9.17) is 16.3 Å². The van der Waals surface area contributed by atoms with Gasteiger partial charge in [0.25, 0.3) is 0 Å². The minimum Gasteiger partial charge on any atom is -0.459 e. The summed E-state index contributed by atoms with van der Waals surface area (Å²) in [5, 5.41) is 3.30. The number of halogens is 2. The highest BCUT2D eigenvalue weighted by Crippen LogP contribution is 2.20. The van der Waals surface area contributed by atoms with Gasteiger partial charge in [0, 0.05) is 5.56 Å². The largest absolute Gasteiger partial charge is 0.459 e. The highest BCUT2D eigenvalue weighted by molar-refractivity contribution is 6.31. The second-order valence-corrected chi connectivity index (χ2v) is 4.36. The quantitative estimate of drug-likeness (QED) is 0.845. The fourth-order valence-electron chi connectivity index (χ4n) is 1.80. The topological polar surface area (TPSA) is 38.3 Å². The van der Waals surface area contributed by atoms with Gasteiger partial charge in [-0.2, -0.15) is 0 Å². The molecule has 0 saturated carbocycles. The lowest BCUT2D eigenvalue weighted by molar-refractivity contribution is -0.147. The minimum absolute atomic E-state index is 0.123. The van der Waals surface area contributed by atoms with Crippen LogP contribution in [0.2, 0.25) is 5.02 Å². The molecule has 0 aromatic heterocycles. The SMILES string of the molecule is O=C(OCc1c(F)cccc1Cl)C1CCCN1. The molecule has 5 heteroatoms. The molecule has 0 amide bonds. The molecular formula is C12H13ClFNO2. The van der Waals surface area contributed by atoms with E-state index in [1.54, 1.807) is 6.07 Å². The molecule has 1 heterocycles. The summed E-state index contributed by atoms with van der Waals surface area (Å²) in [5.41, 5.74) is 0.223.